The second kappa shape index (κ2) is 7.16. The first-order chi connectivity index (χ1) is 14.3. The third-order valence-electron chi connectivity index (χ3n) is 4.74. The number of hydrogen-bond donors (Lipinski definition) is 2. The topological polar surface area (TPSA) is 101 Å². The quantitative estimate of drug-likeness (QED) is 0.484. The second-order valence-electron chi connectivity index (χ2n) is 6.59. The van der Waals surface area contributed by atoms with Gasteiger partial charge in [-0.05, 0) is 30.2 Å². The molecule has 0 fully saturated rings. The molecule has 4 aromatic heterocycles. The van der Waals surface area contributed by atoms with Crippen molar-refractivity contribution in [3.05, 3.63) is 83.2 Å². The second-order valence-corrected chi connectivity index (χ2v) is 6.59. The van der Waals surface area contributed by atoms with Crippen LogP contribution in [0, 0.1) is 0 Å². The molecule has 0 atom stereocenters. The van der Waals surface area contributed by atoms with Crippen molar-refractivity contribution < 1.29 is 0 Å². The van der Waals surface area contributed by atoms with Crippen LogP contribution in [0.15, 0.2) is 72.0 Å². The molecular weight excluding hydrogens is 366 g/mol. The molecule has 0 aliphatic heterocycles. The highest BCUT2D eigenvalue weighted by atomic mass is 16.1. The van der Waals surface area contributed by atoms with Crippen LogP contribution in [0.5, 0.6) is 0 Å². The van der Waals surface area contributed by atoms with Crippen LogP contribution in [0.2, 0.25) is 0 Å². The summed E-state index contributed by atoms with van der Waals surface area (Å²) in [7, 11) is 0. The summed E-state index contributed by atoms with van der Waals surface area (Å²) in [6.07, 6.45) is 7.69. The van der Waals surface area contributed by atoms with Gasteiger partial charge in [-0.2, -0.15) is 10.1 Å². The van der Waals surface area contributed by atoms with Crippen LogP contribution in [0.25, 0.3) is 27.6 Å². The minimum atomic E-state index is -0.174. The van der Waals surface area contributed by atoms with E-state index in [9.17, 15) is 4.79 Å². The molecule has 0 saturated heterocycles. The number of para-hydroxylation sites is 1. The maximum atomic E-state index is 13.1. The molecule has 0 unspecified atom stereocenters. The normalized spacial score (nSPS) is 11.2. The molecule has 142 valence electrons. The predicted octanol–water partition coefficient (Wildman–Crippen LogP) is 2.71. The summed E-state index contributed by atoms with van der Waals surface area (Å²) in [6.45, 7) is 0.650. The van der Waals surface area contributed by atoms with E-state index in [1.807, 2.05) is 48.7 Å². The van der Waals surface area contributed by atoms with Gasteiger partial charge in [-0.15, -0.1) is 0 Å². The highest BCUT2D eigenvalue weighted by Crippen LogP contribution is 2.22. The summed E-state index contributed by atoms with van der Waals surface area (Å²) in [5.74, 6) is 0.459. The van der Waals surface area contributed by atoms with Gasteiger partial charge in [0.1, 0.15) is 5.52 Å². The van der Waals surface area contributed by atoms with Gasteiger partial charge in [0.25, 0.3) is 5.56 Å². The summed E-state index contributed by atoms with van der Waals surface area (Å²) in [5.41, 5.74) is 2.78. The van der Waals surface area contributed by atoms with Gasteiger partial charge in [-0.3, -0.25) is 19.4 Å². The van der Waals surface area contributed by atoms with Crippen LogP contribution >= 0.6 is 0 Å². The van der Waals surface area contributed by atoms with Crippen molar-refractivity contribution >= 4 is 27.9 Å². The van der Waals surface area contributed by atoms with Gasteiger partial charge in [0, 0.05) is 31.3 Å². The Bertz CT molecular complexity index is 1340. The van der Waals surface area contributed by atoms with E-state index in [1.54, 1.807) is 23.2 Å². The Labute approximate surface area is 165 Å². The first-order valence-corrected chi connectivity index (χ1v) is 9.25. The van der Waals surface area contributed by atoms with E-state index in [4.69, 9.17) is 0 Å². The van der Waals surface area contributed by atoms with Crippen molar-refractivity contribution in [1.29, 1.82) is 0 Å². The van der Waals surface area contributed by atoms with E-state index in [0.717, 1.165) is 17.7 Å². The fourth-order valence-electron chi connectivity index (χ4n) is 3.35. The molecule has 0 spiro atoms. The number of anilines is 1. The molecule has 0 radical (unpaired) electrons. The fourth-order valence-corrected chi connectivity index (χ4v) is 3.35. The Kier molecular flexibility index (Phi) is 4.21. The van der Waals surface area contributed by atoms with Gasteiger partial charge in [0.05, 0.1) is 16.5 Å². The number of hydrogen-bond acceptors (Lipinski definition) is 6. The Hall–Kier alpha value is -4.07. The van der Waals surface area contributed by atoms with E-state index < -0.39 is 0 Å². The fraction of sp³-hybridized carbons (Fsp3) is 0.0952. The van der Waals surface area contributed by atoms with Crippen LogP contribution in [0.1, 0.15) is 5.56 Å². The van der Waals surface area contributed by atoms with Gasteiger partial charge in [-0.1, -0.05) is 24.3 Å². The molecule has 8 nitrogen and oxygen atoms in total. The van der Waals surface area contributed by atoms with Gasteiger partial charge in [0.2, 0.25) is 5.95 Å². The minimum absolute atomic E-state index is 0.174. The first kappa shape index (κ1) is 17.1. The van der Waals surface area contributed by atoms with E-state index in [2.05, 4.69) is 30.5 Å². The zero-order valence-corrected chi connectivity index (χ0v) is 15.4. The molecule has 0 bridgehead atoms. The van der Waals surface area contributed by atoms with Gasteiger partial charge < -0.3 is 5.32 Å². The molecule has 8 heteroatoms. The van der Waals surface area contributed by atoms with Crippen molar-refractivity contribution in [3.63, 3.8) is 0 Å². The van der Waals surface area contributed by atoms with E-state index in [1.165, 1.54) is 0 Å². The summed E-state index contributed by atoms with van der Waals surface area (Å²) in [6, 6.07) is 13.4. The zero-order valence-electron chi connectivity index (χ0n) is 15.4. The summed E-state index contributed by atoms with van der Waals surface area (Å²) >= 11 is 0. The lowest BCUT2D eigenvalue weighted by Crippen LogP contribution is -2.20. The molecule has 29 heavy (non-hydrogen) atoms. The van der Waals surface area contributed by atoms with Crippen molar-refractivity contribution in [2.75, 3.05) is 11.9 Å². The third kappa shape index (κ3) is 3.10. The van der Waals surface area contributed by atoms with Crippen LogP contribution in [-0.2, 0) is 6.42 Å². The molecule has 0 aliphatic carbocycles. The maximum Gasteiger partial charge on any atom is 0.267 e. The molecule has 0 saturated carbocycles. The number of nitrogens with zero attached hydrogens (tertiary/aromatic N) is 5. The number of H-pyrrole nitrogens is 1. The molecular formula is C21H17N7O. The number of benzene rings is 1. The highest BCUT2D eigenvalue weighted by molar-refractivity contribution is 6.02. The summed E-state index contributed by atoms with van der Waals surface area (Å²) in [4.78, 5) is 26.3. The molecule has 1 aromatic carbocycles. The predicted molar refractivity (Wildman–Crippen MR) is 111 cm³/mol. The largest absolute Gasteiger partial charge is 0.354 e. The molecule has 0 aliphatic rings. The average Bonchev–Trinajstić information content (AvgIpc) is 3.26. The van der Waals surface area contributed by atoms with Crippen LogP contribution in [-0.4, -0.2) is 36.3 Å². The van der Waals surface area contributed by atoms with Crippen molar-refractivity contribution in [2.24, 2.45) is 0 Å². The third-order valence-corrected chi connectivity index (χ3v) is 4.74. The van der Waals surface area contributed by atoms with Gasteiger partial charge >= 0.3 is 0 Å². The van der Waals surface area contributed by atoms with Gasteiger partial charge in [-0.25, -0.2) is 4.98 Å². The SMILES string of the molecule is O=c1c2c[nH]nc2c2cnc(NCCc3cccnc3)nc2n1-c1ccccc1. The van der Waals surface area contributed by atoms with Crippen molar-refractivity contribution in [2.45, 2.75) is 6.42 Å². The van der Waals surface area contributed by atoms with Crippen molar-refractivity contribution in [3.8, 4) is 5.69 Å². The number of fused-ring (bicyclic) bond motifs is 3. The summed E-state index contributed by atoms with van der Waals surface area (Å²) in [5, 5.41) is 11.4. The first-order valence-electron chi connectivity index (χ1n) is 9.25. The Morgan fingerprint density at radius 3 is 2.76 bits per heavy atom. The smallest absolute Gasteiger partial charge is 0.267 e. The molecule has 5 aromatic rings. The standard InChI is InChI=1S/C21H17N7O/c29-20-17-13-25-27-18(17)16-12-24-21(23-10-8-14-5-4-9-22-11-14)26-19(16)28(20)15-6-2-1-3-7-15/h1-7,9,11-13H,8,10H2,(H,25,27)(H,23,24,26). The van der Waals surface area contributed by atoms with E-state index >= 15 is 0 Å². The van der Waals surface area contributed by atoms with Gasteiger partial charge in [0.15, 0.2) is 5.65 Å². The number of pyridine rings is 2. The van der Waals surface area contributed by atoms with Crippen LogP contribution in [0.3, 0.4) is 0 Å². The van der Waals surface area contributed by atoms with Crippen molar-refractivity contribution in [1.82, 2.24) is 29.7 Å². The highest BCUT2D eigenvalue weighted by Gasteiger charge is 2.16. The zero-order chi connectivity index (χ0) is 19.6. The van der Waals surface area contributed by atoms with Crippen LogP contribution < -0.4 is 10.9 Å². The number of rotatable bonds is 5. The Morgan fingerprint density at radius 2 is 1.93 bits per heavy atom. The molecule has 0 amide bonds. The lowest BCUT2D eigenvalue weighted by molar-refractivity contribution is 0.966. The monoisotopic (exact) mass is 383 g/mol. The summed E-state index contributed by atoms with van der Waals surface area (Å²) < 4.78 is 1.60. The number of aromatic nitrogens is 6. The van der Waals surface area contributed by atoms with Crippen LogP contribution in [0.4, 0.5) is 5.95 Å². The number of aromatic amines is 1. The van der Waals surface area contributed by atoms with E-state index in [-0.39, 0.29) is 5.56 Å². The average molecular weight is 383 g/mol. The lowest BCUT2D eigenvalue weighted by Gasteiger charge is -2.11. The Morgan fingerprint density at radius 1 is 1.03 bits per heavy atom. The van der Waals surface area contributed by atoms with E-state index in [0.29, 0.717) is 34.4 Å². The number of nitrogens with one attached hydrogen (secondary N) is 2. The molecule has 2 N–H and O–H groups in total. The lowest BCUT2D eigenvalue weighted by atomic mass is 10.2. The molecule has 4 heterocycles. The molecule has 5 rings (SSSR count). The minimum Gasteiger partial charge on any atom is -0.354 e. The Balaban J connectivity index is 1.59. The maximum absolute atomic E-state index is 13.1.